The molecule has 0 unspecified atom stereocenters. The Morgan fingerprint density at radius 2 is 1.73 bits per heavy atom. The van der Waals surface area contributed by atoms with Crippen LogP contribution in [-0.4, -0.2) is 9.97 Å². The van der Waals surface area contributed by atoms with Gasteiger partial charge in [-0.3, -0.25) is 0 Å². The van der Waals surface area contributed by atoms with Crippen LogP contribution in [0.1, 0.15) is 0 Å². The quantitative estimate of drug-likeness (QED) is 0.829. The van der Waals surface area contributed by atoms with Crippen LogP contribution in [0.15, 0.2) is 52.6 Å². The van der Waals surface area contributed by atoms with Crippen LogP contribution >= 0.6 is 21.6 Å². The van der Waals surface area contributed by atoms with Crippen LogP contribution in [-0.2, 0) is 0 Å². The maximum atomic E-state index is 5.58. The largest absolute Gasteiger partial charge is 0.384 e. The number of hydrogen-bond donors (Lipinski definition) is 1. The van der Waals surface area contributed by atoms with Gasteiger partial charge in [-0.1, -0.05) is 12.1 Å². The van der Waals surface area contributed by atoms with Crippen molar-refractivity contribution in [1.82, 2.24) is 9.97 Å². The monoisotopic (exact) mass is 235 g/mol. The van der Waals surface area contributed by atoms with Crippen molar-refractivity contribution in [3.05, 3.63) is 42.6 Å². The van der Waals surface area contributed by atoms with Gasteiger partial charge in [-0.2, -0.15) is 0 Å². The molecule has 0 aromatic carbocycles. The molecule has 0 aliphatic carbocycles. The molecule has 0 saturated carbocycles. The van der Waals surface area contributed by atoms with Gasteiger partial charge >= 0.3 is 0 Å². The predicted octanol–water partition coefficient (Wildman–Crippen LogP) is 2.86. The predicted molar refractivity (Wildman–Crippen MR) is 64.6 cm³/mol. The van der Waals surface area contributed by atoms with Crippen molar-refractivity contribution in [2.75, 3.05) is 5.73 Å². The fourth-order valence-corrected chi connectivity index (χ4v) is 2.73. The zero-order valence-corrected chi connectivity index (χ0v) is 9.46. The zero-order valence-electron chi connectivity index (χ0n) is 7.83. The lowest BCUT2D eigenvalue weighted by Crippen LogP contribution is -1.88. The average molecular weight is 235 g/mol. The van der Waals surface area contributed by atoms with E-state index < -0.39 is 0 Å². The fourth-order valence-electron chi connectivity index (χ4n) is 0.959. The molecule has 2 N–H and O–H groups in total. The van der Waals surface area contributed by atoms with Gasteiger partial charge in [-0.15, -0.1) is 0 Å². The molecule has 76 valence electrons. The number of rotatable bonds is 3. The van der Waals surface area contributed by atoms with Gasteiger partial charge in [0.1, 0.15) is 15.9 Å². The highest BCUT2D eigenvalue weighted by Gasteiger charge is 1.99. The summed E-state index contributed by atoms with van der Waals surface area (Å²) in [5.41, 5.74) is 5.58. The molecule has 0 radical (unpaired) electrons. The maximum absolute atomic E-state index is 5.58. The standard InChI is InChI=1S/C10H9N3S2/c11-8-4-3-6-10(13-8)15-14-9-5-1-2-7-12-9/h1-7H,(H2,11,13). The summed E-state index contributed by atoms with van der Waals surface area (Å²) in [6.45, 7) is 0. The highest BCUT2D eigenvalue weighted by molar-refractivity contribution is 8.76. The number of hydrogen-bond acceptors (Lipinski definition) is 5. The molecule has 2 aromatic heterocycles. The van der Waals surface area contributed by atoms with E-state index in [1.54, 1.807) is 33.9 Å². The van der Waals surface area contributed by atoms with E-state index in [9.17, 15) is 0 Å². The van der Waals surface area contributed by atoms with Gasteiger partial charge in [0, 0.05) is 6.20 Å². The van der Waals surface area contributed by atoms with Crippen LogP contribution in [0.5, 0.6) is 0 Å². The summed E-state index contributed by atoms with van der Waals surface area (Å²) in [5, 5.41) is 1.86. The van der Waals surface area contributed by atoms with Gasteiger partial charge in [-0.25, -0.2) is 9.97 Å². The molecule has 15 heavy (non-hydrogen) atoms. The van der Waals surface area contributed by atoms with Crippen molar-refractivity contribution < 1.29 is 0 Å². The summed E-state index contributed by atoms with van der Waals surface area (Å²) in [4.78, 5) is 8.38. The van der Waals surface area contributed by atoms with Gasteiger partial charge < -0.3 is 5.73 Å². The lowest BCUT2D eigenvalue weighted by Gasteiger charge is -1.99. The number of pyridine rings is 2. The molecule has 0 amide bonds. The summed E-state index contributed by atoms with van der Waals surface area (Å²) >= 11 is 0. The minimum atomic E-state index is 0.543. The third-order valence-corrected chi connectivity index (χ3v) is 3.76. The molecular weight excluding hydrogens is 226 g/mol. The SMILES string of the molecule is Nc1cccc(SSc2ccccn2)n1. The van der Waals surface area contributed by atoms with Gasteiger partial charge in [0.15, 0.2) is 0 Å². The van der Waals surface area contributed by atoms with Crippen LogP contribution in [0.3, 0.4) is 0 Å². The lowest BCUT2D eigenvalue weighted by atomic mass is 10.5. The van der Waals surface area contributed by atoms with Gasteiger partial charge in [0.05, 0.1) is 0 Å². The Labute approximate surface area is 95.9 Å². The van der Waals surface area contributed by atoms with Gasteiger partial charge in [0.2, 0.25) is 0 Å². The zero-order chi connectivity index (χ0) is 10.5. The molecule has 5 heteroatoms. The molecule has 0 fully saturated rings. The highest BCUT2D eigenvalue weighted by atomic mass is 33.1. The van der Waals surface area contributed by atoms with Crippen molar-refractivity contribution in [2.45, 2.75) is 10.1 Å². The summed E-state index contributed by atoms with van der Waals surface area (Å²) in [5.74, 6) is 0.543. The average Bonchev–Trinajstić information content (AvgIpc) is 2.28. The fraction of sp³-hybridized carbons (Fsp3) is 0. The number of nitrogens with two attached hydrogens (primary N) is 1. The number of nitrogen functional groups attached to an aromatic ring is 1. The molecule has 2 heterocycles. The highest BCUT2D eigenvalue weighted by Crippen LogP contribution is 2.34. The first-order valence-corrected chi connectivity index (χ1v) is 6.48. The van der Waals surface area contributed by atoms with E-state index in [4.69, 9.17) is 5.73 Å². The Kier molecular flexibility index (Phi) is 3.47. The van der Waals surface area contributed by atoms with Crippen molar-refractivity contribution in [3.8, 4) is 0 Å². The molecule has 0 spiro atoms. The number of anilines is 1. The molecule has 0 aliphatic rings. The van der Waals surface area contributed by atoms with E-state index in [0.29, 0.717) is 5.82 Å². The minimum Gasteiger partial charge on any atom is -0.384 e. The van der Waals surface area contributed by atoms with Crippen LogP contribution in [0.25, 0.3) is 0 Å². The topological polar surface area (TPSA) is 51.8 Å². The molecule has 0 aliphatic heterocycles. The van der Waals surface area contributed by atoms with Crippen LogP contribution < -0.4 is 5.73 Å². The van der Waals surface area contributed by atoms with Crippen LogP contribution in [0, 0.1) is 0 Å². The molecule has 2 aromatic rings. The molecule has 2 rings (SSSR count). The third-order valence-electron chi connectivity index (χ3n) is 1.60. The van der Waals surface area contributed by atoms with E-state index in [1.807, 2.05) is 30.3 Å². The van der Waals surface area contributed by atoms with Gasteiger partial charge in [-0.05, 0) is 45.9 Å². The first-order valence-electron chi connectivity index (χ1n) is 4.33. The lowest BCUT2D eigenvalue weighted by molar-refractivity contribution is 1.14. The third kappa shape index (κ3) is 3.14. The van der Waals surface area contributed by atoms with Crippen molar-refractivity contribution in [1.29, 1.82) is 0 Å². The van der Waals surface area contributed by atoms with Crippen LogP contribution in [0.2, 0.25) is 0 Å². The normalized spacial score (nSPS) is 10.1. The van der Waals surface area contributed by atoms with Crippen molar-refractivity contribution in [2.24, 2.45) is 0 Å². The van der Waals surface area contributed by atoms with E-state index >= 15 is 0 Å². The Morgan fingerprint density at radius 3 is 2.47 bits per heavy atom. The maximum Gasteiger partial charge on any atom is 0.124 e. The van der Waals surface area contributed by atoms with E-state index in [0.717, 1.165) is 10.1 Å². The molecule has 0 saturated heterocycles. The van der Waals surface area contributed by atoms with E-state index in [1.165, 1.54) is 0 Å². The first kappa shape index (κ1) is 10.3. The van der Waals surface area contributed by atoms with Gasteiger partial charge in [0.25, 0.3) is 0 Å². The smallest absolute Gasteiger partial charge is 0.124 e. The van der Waals surface area contributed by atoms with Crippen LogP contribution in [0.4, 0.5) is 5.82 Å². The Morgan fingerprint density at radius 1 is 0.933 bits per heavy atom. The minimum absolute atomic E-state index is 0.543. The van der Waals surface area contributed by atoms with Crippen molar-refractivity contribution >= 4 is 27.4 Å². The van der Waals surface area contributed by atoms with Crippen molar-refractivity contribution in [3.63, 3.8) is 0 Å². The first-order chi connectivity index (χ1) is 7.34. The molecular formula is C10H9N3S2. The molecule has 3 nitrogen and oxygen atoms in total. The second-order valence-electron chi connectivity index (χ2n) is 2.74. The second kappa shape index (κ2) is 5.04. The molecule has 0 atom stereocenters. The Balaban J connectivity index is 1.99. The summed E-state index contributed by atoms with van der Waals surface area (Å²) in [6, 6.07) is 11.4. The Hall–Kier alpha value is -1.20. The molecule has 0 bridgehead atoms. The Bertz CT molecular complexity index is 434. The van der Waals surface area contributed by atoms with E-state index in [2.05, 4.69) is 9.97 Å². The van der Waals surface area contributed by atoms with E-state index in [-0.39, 0.29) is 0 Å². The second-order valence-corrected chi connectivity index (χ2v) is 4.91. The summed E-state index contributed by atoms with van der Waals surface area (Å²) in [7, 11) is 3.12. The number of aromatic nitrogens is 2. The summed E-state index contributed by atoms with van der Waals surface area (Å²) in [6.07, 6.45) is 1.77. The summed E-state index contributed by atoms with van der Waals surface area (Å²) < 4.78 is 0. The number of nitrogens with zero attached hydrogens (tertiary/aromatic N) is 2.